The molecule has 1 rings (SSSR count). The van der Waals surface area contributed by atoms with E-state index in [2.05, 4.69) is 19.2 Å². The van der Waals surface area contributed by atoms with Crippen LogP contribution >= 0.6 is 0 Å². The Morgan fingerprint density at radius 1 is 1.00 bits per heavy atom. The van der Waals surface area contributed by atoms with Gasteiger partial charge in [0.2, 0.25) is 0 Å². The molecular formula is C11H23N. The number of hydrogen-bond donors (Lipinski definition) is 1. The van der Waals surface area contributed by atoms with Crippen molar-refractivity contribution in [2.24, 2.45) is 5.41 Å². The molecule has 0 aliphatic carbocycles. The molecule has 0 unspecified atom stereocenters. The first-order valence-corrected chi connectivity index (χ1v) is 5.54. The van der Waals surface area contributed by atoms with Crippen LogP contribution in [0.25, 0.3) is 0 Å². The molecule has 1 aliphatic heterocycles. The lowest BCUT2D eigenvalue weighted by atomic mass is 9.74. The van der Waals surface area contributed by atoms with Crippen LogP contribution in [-0.4, -0.2) is 13.1 Å². The van der Waals surface area contributed by atoms with E-state index in [0.29, 0.717) is 5.41 Å². The Bertz CT molecular complexity index is 116. The van der Waals surface area contributed by atoms with Gasteiger partial charge in [-0.3, -0.25) is 0 Å². The van der Waals surface area contributed by atoms with Gasteiger partial charge in [-0.2, -0.15) is 0 Å². The minimum Gasteiger partial charge on any atom is -0.316 e. The Labute approximate surface area is 76.9 Å². The zero-order chi connectivity index (χ0) is 8.86. The molecule has 1 saturated heterocycles. The predicted molar refractivity (Wildman–Crippen MR) is 54.4 cm³/mol. The average Bonchev–Trinajstić information content (AvgIpc) is 2.00. The molecule has 1 aliphatic rings. The van der Waals surface area contributed by atoms with E-state index in [9.17, 15) is 0 Å². The summed E-state index contributed by atoms with van der Waals surface area (Å²) in [5.41, 5.74) is 0.712. The van der Waals surface area contributed by atoms with Gasteiger partial charge in [0.25, 0.3) is 0 Å². The monoisotopic (exact) mass is 169 g/mol. The van der Waals surface area contributed by atoms with Crippen molar-refractivity contribution in [2.45, 2.75) is 52.4 Å². The summed E-state index contributed by atoms with van der Waals surface area (Å²) in [4.78, 5) is 0. The van der Waals surface area contributed by atoms with Gasteiger partial charge in [-0.15, -0.1) is 0 Å². The maximum Gasteiger partial charge on any atom is 0.00202 e. The molecule has 12 heavy (non-hydrogen) atoms. The van der Waals surface area contributed by atoms with Gasteiger partial charge in [0.1, 0.15) is 0 Å². The molecule has 0 atom stereocenters. The van der Waals surface area contributed by atoms with E-state index >= 15 is 0 Å². The Kier molecular flexibility index (Phi) is 4.07. The van der Waals surface area contributed by atoms with Crippen LogP contribution in [0.5, 0.6) is 0 Å². The fraction of sp³-hybridized carbons (Fsp3) is 1.00. The summed E-state index contributed by atoms with van der Waals surface area (Å²) in [6.45, 7) is 7.15. The fourth-order valence-electron chi connectivity index (χ4n) is 2.24. The molecule has 0 radical (unpaired) electrons. The first kappa shape index (κ1) is 10.0. The van der Waals surface area contributed by atoms with E-state index in [-0.39, 0.29) is 0 Å². The minimum absolute atomic E-state index is 0.712. The van der Waals surface area contributed by atoms with Crippen LogP contribution in [0.3, 0.4) is 0 Å². The molecule has 72 valence electrons. The molecule has 1 fully saturated rings. The van der Waals surface area contributed by atoms with E-state index in [1.807, 2.05) is 0 Å². The first-order chi connectivity index (χ1) is 5.83. The smallest absolute Gasteiger partial charge is 0.00202 e. The average molecular weight is 169 g/mol. The van der Waals surface area contributed by atoms with Crippen LogP contribution < -0.4 is 5.32 Å². The highest BCUT2D eigenvalue weighted by Crippen LogP contribution is 2.34. The topological polar surface area (TPSA) is 12.0 Å². The van der Waals surface area contributed by atoms with Gasteiger partial charge >= 0.3 is 0 Å². The number of nitrogens with one attached hydrogen (secondary N) is 1. The normalized spacial score (nSPS) is 20.5. The lowest BCUT2D eigenvalue weighted by molar-refractivity contribution is 0.132. The maximum atomic E-state index is 3.41. The lowest BCUT2D eigenvalue weighted by Gasteiger charge is -2.43. The first-order valence-electron chi connectivity index (χ1n) is 5.54. The quantitative estimate of drug-likeness (QED) is 0.603. The third-order valence-corrected chi connectivity index (χ3v) is 3.09. The Morgan fingerprint density at radius 3 is 2.17 bits per heavy atom. The van der Waals surface area contributed by atoms with Gasteiger partial charge in [-0.05, 0) is 18.3 Å². The molecule has 0 spiro atoms. The third kappa shape index (κ3) is 2.48. The summed E-state index contributed by atoms with van der Waals surface area (Å²) in [5, 5.41) is 3.41. The van der Waals surface area contributed by atoms with E-state index < -0.39 is 0 Å². The second-order valence-electron chi connectivity index (χ2n) is 4.31. The van der Waals surface area contributed by atoms with E-state index in [0.717, 1.165) is 0 Å². The van der Waals surface area contributed by atoms with Crippen molar-refractivity contribution in [3.63, 3.8) is 0 Å². The predicted octanol–water partition coefficient (Wildman–Crippen LogP) is 2.96. The van der Waals surface area contributed by atoms with Crippen LogP contribution in [-0.2, 0) is 0 Å². The molecule has 1 N–H and O–H groups in total. The highest BCUT2D eigenvalue weighted by molar-refractivity contribution is 4.91. The molecule has 0 amide bonds. The SMILES string of the molecule is CCCCCC1(CCC)CNC1. The molecule has 1 heterocycles. The van der Waals surface area contributed by atoms with E-state index in [1.54, 1.807) is 0 Å². The highest BCUT2D eigenvalue weighted by Gasteiger charge is 2.34. The third-order valence-electron chi connectivity index (χ3n) is 3.09. The Morgan fingerprint density at radius 2 is 1.75 bits per heavy atom. The molecule has 0 saturated carbocycles. The molecule has 0 bridgehead atoms. The molecule has 0 aromatic carbocycles. The van der Waals surface area contributed by atoms with E-state index in [1.165, 1.54) is 51.6 Å². The summed E-state index contributed by atoms with van der Waals surface area (Å²) < 4.78 is 0. The lowest BCUT2D eigenvalue weighted by Crippen LogP contribution is -2.53. The number of rotatable bonds is 6. The van der Waals surface area contributed by atoms with Gasteiger partial charge in [0.05, 0.1) is 0 Å². The van der Waals surface area contributed by atoms with Gasteiger partial charge in [0.15, 0.2) is 0 Å². The Balaban J connectivity index is 2.15. The number of hydrogen-bond acceptors (Lipinski definition) is 1. The van der Waals surface area contributed by atoms with Crippen LogP contribution in [0.15, 0.2) is 0 Å². The van der Waals surface area contributed by atoms with Crippen LogP contribution in [0.4, 0.5) is 0 Å². The van der Waals surface area contributed by atoms with Crippen LogP contribution in [0.1, 0.15) is 52.4 Å². The van der Waals surface area contributed by atoms with Gasteiger partial charge < -0.3 is 5.32 Å². The molecule has 1 heteroatoms. The van der Waals surface area contributed by atoms with E-state index in [4.69, 9.17) is 0 Å². The van der Waals surface area contributed by atoms with Gasteiger partial charge in [-0.25, -0.2) is 0 Å². The summed E-state index contributed by atoms with van der Waals surface area (Å²) >= 11 is 0. The van der Waals surface area contributed by atoms with Crippen molar-refractivity contribution in [3.05, 3.63) is 0 Å². The van der Waals surface area contributed by atoms with Crippen molar-refractivity contribution in [1.82, 2.24) is 5.32 Å². The van der Waals surface area contributed by atoms with Crippen LogP contribution in [0.2, 0.25) is 0 Å². The summed E-state index contributed by atoms with van der Waals surface area (Å²) in [6, 6.07) is 0. The molecule has 1 nitrogen and oxygen atoms in total. The van der Waals surface area contributed by atoms with Crippen molar-refractivity contribution in [3.8, 4) is 0 Å². The molecular weight excluding hydrogens is 146 g/mol. The fourth-order valence-corrected chi connectivity index (χ4v) is 2.24. The second kappa shape index (κ2) is 4.86. The number of unbranched alkanes of at least 4 members (excludes halogenated alkanes) is 2. The minimum atomic E-state index is 0.712. The highest BCUT2D eigenvalue weighted by atomic mass is 15.0. The van der Waals surface area contributed by atoms with Gasteiger partial charge in [0, 0.05) is 13.1 Å². The summed E-state index contributed by atoms with van der Waals surface area (Å²) in [5.74, 6) is 0. The van der Waals surface area contributed by atoms with Crippen molar-refractivity contribution in [1.29, 1.82) is 0 Å². The zero-order valence-electron chi connectivity index (χ0n) is 8.66. The molecule has 0 aromatic rings. The standard InChI is InChI=1S/C11H23N/c1-3-5-6-8-11(7-4-2)9-12-10-11/h12H,3-10H2,1-2H3. The largest absolute Gasteiger partial charge is 0.316 e. The Hall–Kier alpha value is -0.0400. The van der Waals surface area contributed by atoms with Crippen molar-refractivity contribution in [2.75, 3.05) is 13.1 Å². The van der Waals surface area contributed by atoms with Crippen LogP contribution in [0, 0.1) is 5.41 Å². The zero-order valence-corrected chi connectivity index (χ0v) is 8.66. The molecule has 0 aromatic heterocycles. The van der Waals surface area contributed by atoms with Gasteiger partial charge in [-0.1, -0.05) is 39.5 Å². The second-order valence-corrected chi connectivity index (χ2v) is 4.31. The summed E-state index contributed by atoms with van der Waals surface area (Å²) in [7, 11) is 0. The summed E-state index contributed by atoms with van der Waals surface area (Å²) in [6.07, 6.45) is 8.47. The maximum absolute atomic E-state index is 3.41. The van der Waals surface area contributed by atoms with Crippen molar-refractivity contribution < 1.29 is 0 Å². The van der Waals surface area contributed by atoms with Crippen molar-refractivity contribution >= 4 is 0 Å².